The highest BCUT2D eigenvalue weighted by atomic mass is 32.1. The summed E-state index contributed by atoms with van der Waals surface area (Å²) in [6.07, 6.45) is 3.66. The van der Waals surface area contributed by atoms with Gasteiger partial charge in [-0.05, 0) is 31.3 Å². The van der Waals surface area contributed by atoms with Crippen LogP contribution in [0.3, 0.4) is 0 Å². The van der Waals surface area contributed by atoms with E-state index < -0.39 is 0 Å². The van der Waals surface area contributed by atoms with E-state index in [0.717, 1.165) is 37.5 Å². The fourth-order valence-electron chi connectivity index (χ4n) is 2.92. The lowest BCUT2D eigenvalue weighted by Gasteiger charge is -2.55. The second-order valence-electron chi connectivity index (χ2n) is 5.80. The number of carbonyl (C=O) groups excluding carboxylic acids is 1. The van der Waals surface area contributed by atoms with Crippen LogP contribution in [0.2, 0.25) is 0 Å². The van der Waals surface area contributed by atoms with E-state index in [1.165, 1.54) is 0 Å². The summed E-state index contributed by atoms with van der Waals surface area (Å²) in [5.41, 5.74) is -0.00104. The van der Waals surface area contributed by atoms with Crippen molar-refractivity contribution in [2.75, 3.05) is 13.2 Å². The Kier molecular flexibility index (Phi) is 4.75. The lowest BCUT2D eigenvalue weighted by Crippen LogP contribution is -2.63. The van der Waals surface area contributed by atoms with Gasteiger partial charge in [-0.15, -0.1) is 5.10 Å². The molecule has 2 rings (SSSR count). The Hall–Kier alpha value is -1.01. The second kappa shape index (κ2) is 6.18. The zero-order valence-electron chi connectivity index (χ0n) is 12.6. The minimum absolute atomic E-state index is 0.00104. The van der Waals surface area contributed by atoms with E-state index in [-0.39, 0.29) is 23.5 Å². The third kappa shape index (κ3) is 2.72. The van der Waals surface area contributed by atoms with Crippen molar-refractivity contribution in [2.24, 2.45) is 5.41 Å². The number of hydrogen-bond acceptors (Lipinski definition) is 5. The molecule has 1 saturated carbocycles. The molecule has 0 N–H and O–H groups in total. The van der Waals surface area contributed by atoms with Crippen LogP contribution in [0.4, 0.5) is 0 Å². The van der Waals surface area contributed by atoms with E-state index in [4.69, 9.17) is 4.74 Å². The standard InChI is InChI=1S/C14H23N3O2S/c1-5-7-17(13(18)10-9-15-16-20-10)11-8-12(19-6-2)14(11,3)4/h9,11-12H,5-8H2,1-4H3/t11-,12+/m0/s1. The fraction of sp³-hybridized carbons (Fsp3) is 0.786. The minimum atomic E-state index is -0.00104. The Morgan fingerprint density at radius 1 is 1.55 bits per heavy atom. The van der Waals surface area contributed by atoms with Crippen LogP contribution in [0.1, 0.15) is 50.2 Å². The second-order valence-corrected chi connectivity index (χ2v) is 6.58. The molecule has 1 aliphatic rings. The van der Waals surface area contributed by atoms with Crippen LogP contribution in [0.25, 0.3) is 0 Å². The average molecular weight is 297 g/mol. The SMILES string of the molecule is CCCN(C(=O)c1cnns1)[C@H]1C[C@@H](OCC)C1(C)C. The summed E-state index contributed by atoms with van der Waals surface area (Å²) in [6.45, 7) is 9.97. The van der Waals surface area contributed by atoms with Crippen LogP contribution >= 0.6 is 11.5 Å². The molecule has 1 aromatic heterocycles. The Morgan fingerprint density at radius 2 is 2.30 bits per heavy atom. The molecule has 0 unspecified atom stereocenters. The number of aromatic nitrogens is 2. The number of rotatable bonds is 6. The smallest absolute Gasteiger partial charge is 0.267 e. The van der Waals surface area contributed by atoms with Crippen LogP contribution < -0.4 is 0 Å². The van der Waals surface area contributed by atoms with Crippen molar-refractivity contribution in [1.82, 2.24) is 14.5 Å². The number of nitrogens with zero attached hydrogens (tertiary/aromatic N) is 3. The molecular weight excluding hydrogens is 274 g/mol. The van der Waals surface area contributed by atoms with Crippen LogP contribution in [-0.2, 0) is 4.74 Å². The van der Waals surface area contributed by atoms with Gasteiger partial charge in [-0.3, -0.25) is 4.79 Å². The molecule has 6 heteroatoms. The van der Waals surface area contributed by atoms with Gasteiger partial charge < -0.3 is 9.64 Å². The normalized spacial score (nSPS) is 24.2. The number of hydrogen-bond donors (Lipinski definition) is 0. The molecule has 0 bridgehead atoms. The molecule has 1 fully saturated rings. The van der Waals surface area contributed by atoms with E-state index in [1.54, 1.807) is 6.20 Å². The van der Waals surface area contributed by atoms with Crippen LogP contribution in [-0.4, -0.2) is 45.7 Å². The Morgan fingerprint density at radius 3 is 2.80 bits per heavy atom. The van der Waals surface area contributed by atoms with Crippen LogP contribution in [0.5, 0.6) is 0 Å². The molecule has 0 radical (unpaired) electrons. The fourth-order valence-corrected chi connectivity index (χ4v) is 3.39. The summed E-state index contributed by atoms with van der Waals surface area (Å²) >= 11 is 1.16. The molecule has 0 saturated heterocycles. The lowest BCUT2D eigenvalue weighted by molar-refractivity contribution is -0.140. The minimum Gasteiger partial charge on any atom is -0.378 e. The van der Waals surface area contributed by atoms with Crippen LogP contribution in [0.15, 0.2) is 6.20 Å². The van der Waals surface area contributed by atoms with Crippen molar-refractivity contribution in [3.63, 3.8) is 0 Å². The molecule has 112 valence electrons. The van der Waals surface area contributed by atoms with Crippen molar-refractivity contribution in [3.8, 4) is 0 Å². The first-order valence-electron chi connectivity index (χ1n) is 7.22. The van der Waals surface area contributed by atoms with Crippen molar-refractivity contribution in [2.45, 2.75) is 52.7 Å². The summed E-state index contributed by atoms with van der Waals surface area (Å²) in [5.74, 6) is 0.0508. The first-order valence-corrected chi connectivity index (χ1v) is 7.99. The van der Waals surface area contributed by atoms with Gasteiger partial charge in [-0.1, -0.05) is 25.3 Å². The number of ether oxygens (including phenoxy) is 1. The molecule has 1 amide bonds. The molecule has 1 heterocycles. The molecule has 5 nitrogen and oxygen atoms in total. The van der Waals surface area contributed by atoms with Gasteiger partial charge in [0.1, 0.15) is 4.88 Å². The van der Waals surface area contributed by atoms with E-state index in [0.29, 0.717) is 4.88 Å². The highest BCUT2D eigenvalue weighted by molar-refractivity contribution is 7.07. The molecule has 1 aromatic rings. The van der Waals surface area contributed by atoms with E-state index in [9.17, 15) is 4.79 Å². The summed E-state index contributed by atoms with van der Waals surface area (Å²) in [6, 6.07) is 0.230. The predicted octanol–water partition coefficient (Wildman–Crippen LogP) is 2.59. The van der Waals surface area contributed by atoms with E-state index in [1.807, 2.05) is 11.8 Å². The Bertz CT molecular complexity index is 447. The largest absolute Gasteiger partial charge is 0.378 e. The zero-order chi connectivity index (χ0) is 14.8. The summed E-state index contributed by atoms with van der Waals surface area (Å²) in [7, 11) is 0. The molecule has 2 atom stereocenters. The number of carbonyl (C=O) groups is 1. The van der Waals surface area contributed by atoms with Gasteiger partial charge in [-0.25, -0.2) is 0 Å². The number of amides is 1. The maximum absolute atomic E-state index is 12.6. The summed E-state index contributed by atoms with van der Waals surface area (Å²) < 4.78 is 9.55. The predicted molar refractivity (Wildman–Crippen MR) is 78.8 cm³/mol. The van der Waals surface area contributed by atoms with Gasteiger partial charge in [0, 0.05) is 24.6 Å². The summed E-state index contributed by atoms with van der Waals surface area (Å²) in [4.78, 5) is 15.2. The van der Waals surface area contributed by atoms with Gasteiger partial charge in [-0.2, -0.15) is 0 Å². The Balaban J connectivity index is 2.12. The van der Waals surface area contributed by atoms with Gasteiger partial charge in [0.2, 0.25) is 0 Å². The van der Waals surface area contributed by atoms with Gasteiger partial charge >= 0.3 is 0 Å². The topological polar surface area (TPSA) is 55.3 Å². The summed E-state index contributed by atoms with van der Waals surface area (Å²) in [5, 5.41) is 3.77. The third-order valence-electron chi connectivity index (χ3n) is 4.17. The lowest BCUT2D eigenvalue weighted by atomic mass is 9.63. The average Bonchev–Trinajstić information content (AvgIpc) is 2.94. The van der Waals surface area contributed by atoms with Crippen molar-refractivity contribution >= 4 is 17.4 Å². The van der Waals surface area contributed by atoms with Gasteiger partial charge in [0.25, 0.3) is 5.91 Å². The van der Waals surface area contributed by atoms with Crippen molar-refractivity contribution < 1.29 is 9.53 Å². The first kappa shape index (κ1) is 15.4. The van der Waals surface area contributed by atoms with E-state index in [2.05, 4.69) is 30.4 Å². The monoisotopic (exact) mass is 297 g/mol. The van der Waals surface area contributed by atoms with Crippen molar-refractivity contribution in [1.29, 1.82) is 0 Å². The van der Waals surface area contributed by atoms with Crippen molar-refractivity contribution in [3.05, 3.63) is 11.1 Å². The molecule has 0 aliphatic heterocycles. The zero-order valence-corrected chi connectivity index (χ0v) is 13.4. The molecule has 20 heavy (non-hydrogen) atoms. The van der Waals surface area contributed by atoms with Gasteiger partial charge in [0.05, 0.1) is 12.3 Å². The quantitative estimate of drug-likeness (QED) is 0.810. The molecular formula is C14H23N3O2S. The van der Waals surface area contributed by atoms with E-state index >= 15 is 0 Å². The first-order chi connectivity index (χ1) is 9.52. The molecule has 0 aromatic carbocycles. The highest BCUT2D eigenvalue weighted by Crippen LogP contribution is 2.46. The molecule has 1 aliphatic carbocycles. The maximum atomic E-state index is 12.6. The molecule has 0 spiro atoms. The van der Waals surface area contributed by atoms with Gasteiger partial charge in [0.15, 0.2) is 0 Å². The maximum Gasteiger partial charge on any atom is 0.267 e. The third-order valence-corrected chi connectivity index (χ3v) is 4.82. The highest BCUT2D eigenvalue weighted by Gasteiger charge is 2.52. The van der Waals surface area contributed by atoms with Crippen LogP contribution in [0, 0.1) is 5.41 Å². The Labute approximate surface area is 124 Å².